The predicted octanol–water partition coefficient (Wildman–Crippen LogP) is 1.25. The number of hydrogen-bond acceptors (Lipinski definition) is 5. The molecular weight excluding hydrogens is 244 g/mol. The molecule has 0 radical (unpaired) electrons. The van der Waals surface area contributed by atoms with Crippen LogP contribution in [0.4, 0.5) is 0 Å². The van der Waals surface area contributed by atoms with Crippen molar-refractivity contribution in [2.75, 3.05) is 0 Å². The quantitative estimate of drug-likeness (QED) is 0.639. The number of aromatic nitrogens is 2. The molecule has 0 unspecified atom stereocenters. The third-order valence-corrected chi connectivity index (χ3v) is 2.35. The summed E-state index contributed by atoms with van der Waals surface area (Å²) < 4.78 is 0. The summed E-state index contributed by atoms with van der Waals surface area (Å²) in [5, 5.41) is 13.4. The number of aryl methyl sites for hydroxylation is 1. The number of nitrogens with zero attached hydrogens (tertiary/aromatic N) is 3. The van der Waals surface area contributed by atoms with Crippen LogP contribution in [0.5, 0.6) is 5.75 Å². The summed E-state index contributed by atoms with van der Waals surface area (Å²) in [6.45, 7) is 1.87. The molecule has 1 heterocycles. The van der Waals surface area contributed by atoms with Gasteiger partial charge in [-0.15, -0.1) is 0 Å². The maximum Gasteiger partial charge on any atom is 0.291 e. The van der Waals surface area contributed by atoms with Crippen molar-refractivity contribution in [3.05, 3.63) is 53.6 Å². The smallest absolute Gasteiger partial charge is 0.291 e. The minimum atomic E-state index is -0.462. The van der Waals surface area contributed by atoms with Gasteiger partial charge in [-0.1, -0.05) is 6.07 Å². The van der Waals surface area contributed by atoms with Gasteiger partial charge in [-0.3, -0.25) is 9.78 Å². The van der Waals surface area contributed by atoms with Gasteiger partial charge in [0.15, 0.2) is 0 Å². The zero-order valence-corrected chi connectivity index (χ0v) is 10.2. The first-order valence-corrected chi connectivity index (χ1v) is 5.56. The summed E-state index contributed by atoms with van der Waals surface area (Å²) >= 11 is 0. The predicted molar refractivity (Wildman–Crippen MR) is 69.9 cm³/mol. The van der Waals surface area contributed by atoms with Gasteiger partial charge in [-0.25, -0.2) is 10.4 Å². The first-order chi connectivity index (χ1) is 9.16. The minimum absolute atomic E-state index is 0.109. The lowest BCUT2D eigenvalue weighted by molar-refractivity contribution is 0.0949. The van der Waals surface area contributed by atoms with E-state index in [0.29, 0.717) is 5.56 Å². The molecule has 96 valence electrons. The second kappa shape index (κ2) is 5.72. The van der Waals surface area contributed by atoms with Crippen molar-refractivity contribution < 1.29 is 9.90 Å². The molecule has 6 nitrogen and oxygen atoms in total. The van der Waals surface area contributed by atoms with E-state index < -0.39 is 5.91 Å². The number of aromatic hydroxyl groups is 1. The Bertz CT molecular complexity index is 611. The number of hydrogen-bond donors (Lipinski definition) is 2. The van der Waals surface area contributed by atoms with E-state index >= 15 is 0 Å². The van der Waals surface area contributed by atoms with Crippen LogP contribution in [0.25, 0.3) is 0 Å². The van der Waals surface area contributed by atoms with E-state index in [1.54, 1.807) is 12.1 Å². The van der Waals surface area contributed by atoms with Crippen molar-refractivity contribution in [3.63, 3.8) is 0 Å². The highest BCUT2D eigenvalue weighted by Crippen LogP contribution is 2.15. The molecule has 1 aromatic heterocycles. The third kappa shape index (κ3) is 3.35. The third-order valence-electron chi connectivity index (χ3n) is 2.35. The molecule has 2 aromatic rings. The molecule has 1 aromatic carbocycles. The summed E-state index contributed by atoms with van der Waals surface area (Å²) in [6.07, 6.45) is 5.60. The fourth-order valence-corrected chi connectivity index (χ4v) is 1.40. The number of nitrogens with one attached hydrogen (secondary N) is 1. The van der Waals surface area contributed by atoms with Crippen molar-refractivity contribution >= 4 is 12.1 Å². The molecule has 19 heavy (non-hydrogen) atoms. The van der Waals surface area contributed by atoms with Gasteiger partial charge in [0.05, 0.1) is 12.4 Å². The number of amides is 1. The Kier molecular flexibility index (Phi) is 3.82. The van der Waals surface area contributed by atoms with Gasteiger partial charge in [-0.2, -0.15) is 5.10 Å². The number of carbonyl (C=O) groups is 1. The van der Waals surface area contributed by atoms with Crippen molar-refractivity contribution in [1.29, 1.82) is 0 Å². The zero-order valence-electron chi connectivity index (χ0n) is 10.2. The van der Waals surface area contributed by atoms with E-state index in [4.69, 9.17) is 0 Å². The highest BCUT2D eigenvalue weighted by molar-refractivity contribution is 5.93. The van der Waals surface area contributed by atoms with E-state index in [1.807, 2.05) is 13.0 Å². The number of carbonyl (C=O) groups excluding carboxylic acids is 1. The minimum Gasteiger partial charge on any atom is -0.507 e. The summed E-state index contributed by atoms with van der Waals surface area (Å²) in [6, 6.07) is 5.17. The summed E-state index contributed by atoms with van der Waals surface area (Å²) in [7, 11) is 0. The Balaban J connectivity index is 2.02. The largest absolute Gasteiger partial charge is 0.507 e. The zero-order chi connectivity index (χ0) is 13.7. The van der Waals surface area contributed by atoms with Crippen LogP contribution in [0.3, 0.4) is 0 Å². The van der Waals surface area contributed by atoms with E-state index in [1.165, 1.54) is 24.8 Å². The van der Waals surface area contributed by atoms with Crippen LogP contribution in [0.15, 0.2) is 41.9 Å². The van der Waals surface area contributed by atoms with Crippen molar-refractivity contribution in [1.82, 2.24) is 15.4 Å². The lowest BCUT2D eigenvalue weighted by Crippen LogP contribution is -2.19. The van der Waals surface area contributed by atoms with Crippen LogP contribution < -0.4 is 5.43 Å². The summed E-state index contributed by atoms with van der Waals surface area (Å²) in [4.78, 5) is 19.2. The number of phenolic OH excluding ortho intramolecular Hbond substituents is 1. The van der Waals surface area contributed by atoms with Gasteiger partial charge in [0.2, 0.25) is 0 Å². The van der Waals surface area contributed by atoms with Crippen LogP contribution in [0, 0.1) is 6.92 Å². The van der Waals surface area contributed by atoms with E-state index in [-0.39, 0.29) is 11.4 Å². The molecule has 0 bridgehead atoms. The van der Waals surface area contributed by atoms with Crippen LogP contribution in [0.1, 0.15) is 21.6 Å². The van der Waals surface area contributed by atoms with Crippen LogP contribution in [0.2, 0.25) is 0 Å². The van der Waals surface area contributed by atoms with Gasteiger partial charge >= 0.3 is 0 Å². The van der Waals surface area contributed by atoms with Crippen LogP contribution in [-0.4, -0.2) is 27.2 Å². The highest BCUT2D eigenvalue weighted by atomic mass is 16.3. The average molecular weight is 256 g/mol. The Morgan fingerprint density at radius 1 is 1.42 bits per heavy atom. The molecule has 0 aliphatic carbocycles. The Labute approximate surface area is 109 Å². The lowest BCUT2D eigenvalue weighted by Gasteiger charge is -2.00. The molecule has 0 fully saturated rings. The molecule has 1 amide bonds. The fraction of sp³-hybridized carbons (Fsp3) is 0.0769. The number of rotatable bonds is 3. The Morgan fingerprint density at radius 2 is 2.26 bits per heavy atom. The van der Waals surface area contributed by atoms with Gasteiger partial charge in [0.25, 0.3) is 5.91 Å². The first kappa shape index (κ1) is 12.7. The topological polar surface area (TPSA) is 87.5 Å². The molecule has 6 heteroatoms. The average Bonchev–Trinajstić information content (AvgIpc) is 2.42. The summed E-state index contributed by atoms with van der Waals surface area (Å²) in [5.74, 6) is -0.353. The van der Waals surface area contributed by atoms with Gasteiger partial charge in [0.1, 0.15) is 11.4 Å². The molecule has 2 N–H and O–H groups in total. The molecular formula is C13H12N4O2. The number of hydrazone groups is 1. The maximum atomic E-state index is 11.6. The molecule has 0 spiro atoms. The molecule has 0 saturated carbocycles. The normalized spacial score (nSPS) is 10.6. The van der Waals surface area contributed by atoms with E-state index in [9.17, 15) is 9.90 Å². The van der Waals surface area contributed by atoms with Gasteiger partial charge in [-0.05, 0) is 24.6 Å². The van der Waals surface area contributed by atoms with Crippen LogP contribution in [-0.2, 0) is 0 Å². The standard InChI is InChI=1S/C13H12N4O2/c1-9-2-3-10(12(18)6-9)7-16-17-13(19)11-8-14-4-5-15-11/h2-8,18H,1H3,(H,17,19)/b16-7-. The fourth-order valence-electron chi connectivity index (χ4n) is 1.40. The van der Waals surface area contributed by atoms with Gasteiger partial charge in [0, 0.05) is 18.0 Å². The molecule has 2 rings (SSSR count). The van der Waals surface area contributed by atoms with Crippen molar-refractivity contribution in [3.8, 4) is 5.75 Å². The number of benzene rings is 1. The molecule has 0 saturated heterocycles. The van der Waals surface area contributed by atoms with Gasteiger partial charge < -0.3 is 5.11 Å². The second-order valence-electron chi connectivity index (χ2n) is 3.85. The first-order valence-electron chi connectivity index (χ1n) is 5.56. The molecule has 0 aliphatic heterocycles. The SMILES string of the molecule is Cc1ccc(/C=N\NC(=O)c2cnccn2)c(O)c1. The lowest BCUT2D eigenvalue weighted by atomic mass is 10.1. The summed E-state index contributed by atoms with van der Waals surface area (Å²) in [5.41, 5.74) is 3.94. The maximum absolute atomic E-state index is 11.6. The second-order valence-corrected chi connectivity index (χ2v) is 3.85. The van der Waals surface area contributed by atoms with Crippen molar-refractivity contribution in [2.24, 2.45) is 5.10 Å². The Morgan fingerprint density at radius 3 is 2.95 bits per heavy atom. The van der Waals surface area contributed by atoms with Crippen molar-refractivity contribution in [2.45, 2.75) is 6.92 Å². The van der Waals surface area contributed by atoms with E-state index in [0.717, 1.165) is 5.56 Å². The van der Waals surface area contributed by atoms with E-state index in [2.05, 4.69) is 20.5 Å². The van der Waals surface area contributed by atoms with Crippen LogP contribution >= 0.6 is 0 Å². The monoisotopic (exact) mass is 256 g/mol. The number of phenols is 1. The molecule has 0 atom stereocenters. The molecule has 0 aliphatic rings. The Hall–Kier alpha value is -2.76. The highest BCUT2D eigenvalue weighted by Gasteiger charge is 2.04.